The normalized spacial score (nSPS) is 18.4. The molecule has 0 atom stereocenters. The Morgan fingerprint density at radius 3 is 2.70 bits per heavy atom. The molecular weight excluding hydrogens is 258 g/mol. The van der Waals surface area contributed by atoms with E-state index in [1.165, 1.54) is 12.5 Å². The highest BCUT2D eigenvalue weighted by atomic mass is 16.2. The van der Waals surface area contributed by atoms with Crippen LogP contribution in [0.5, 0.6) is 0 Å². The Morgan fingerprint density at radius 1 is 1.20 bits per heavy atom. The number of urea groups is 1. The number of amides is 4. The van der Waals surface area contributed by atoms with E-state index in [-0.39, 0.29) is 24.8 Å². The van der Waals surface area contributed by atoms with Crippen molar-refractivity contribution in [2.75, 3.05) is 11.4 Å². The molecule has 3 rings (SSSR count). The Hall–Kier alpha value is -2.21. The molecule has 1 N–H and O–H groups in total. The van der Waals surface area contributed by atoms with Gasteiger partial charge in [-0.15, -0.1) is 0 Å². The number of carbonyl (C=O) groups is 3. The van der Waals surface area contributed by atoms with Gasteiger partial charge in [0.05, 0.1) is 5.69 Å². The van der Waals surface area contributed by atoms with Crippen molar-refractivity contribution in [1.82, 2.24) is 10.2 Å². The van der Waals surface area contributed by atoms with Gasteiger partial charge in [0.1, 0.15) is 0 Å². The van der Waals surface area contributed by atoms with E-state index in [1.54, 1.807) is 6.07 Å². The van der Waals surface area contributed by atoms with Crippen LogP contribution >= 0.6 is 0 Å². The average Bonchev–Trinajstić information content (AvgIpc) is 2.85. The number of imide groups is 2. The summed E-state index contributed by atoms with van der Waals surface area (Å²) >= 11 is 0. The summed E-state index contributed by atoms with van der Waals surface area (Å²) in [5.41, 5.74) is 2.80. The number of nitrogens with one attached hydrogen (secondary N) is 1. The first-order chi connectivity index (χ1) is 9.58. The van der Waals surface area contributed by atoms with E-state index in [2.05, 4.69) is 5.32 Å². The molecule has 0 bridgehead atoms. The third-order valence-electron chi connectivity index (χ3n) is 3.68. The lowest BCUT2D eigenvalue weighted by Gasteiger charge is -2.32. The number of hydrogen-bond acceptors (Lipinski definition) is 4. The van der Waals surface area contributed by atoms with Crippen LogP contribution in [0.1, 0.15) is 24.5 Å². The molecule has 2 aliphatic rings. The first kappa shape index (κ1) is 12.8. The Morgan fingerprint density at radius 2 is 1.95 bits per heavy atom. The van der Waals surface area contributed by atoms with Crippen molar-refractivity contribution in [3.63, 3.8) is 0 Å². The van der Waals surface area contributed by atoms with Gasteiger partial charge >= 0.3 is 6.03 Å². The highest BCUT2D eigenvalue weighted by molar-refractivity contribution is 6.19. The molecule has 6 heteroatoms. The standard InChI is InChI=1S/C14H15N3O3/c1-9(18)16-5-4-13(19)17(14(16)20)12-3-2-10-7-15-8-11(10)6-12/h2-3,6,15H,4-5,7-8H2,1H3. The van der Waals surface area contributed by atoms with Crippen LogP contribution in [-0.2, 0) is 22.7 Å². The van der Waals surface area contributed by atoms with Gasteiger partial charge in [0, 0.05) is 33.0 Å². The Kier molecular flexibility index (Phi) is 3.02. The molecule has 4 amide bonds. The maximum Gasteiger partial charge on any atom is 0.338 e. The molecular formula is C14H15N3O3. The largest absolute Gasteiger partial charge is 0.338 e. The van der Waals surface area contributed by atoms with Crippen molar-refractivity contribution in [3.8, 4) is 0 Å². The fourth-order valence-corrected chi connectivity index (χ4v) is 2.61. The quantitative estimate of drug-likeness (QED) is 0.828. The second-order valence-corrected chi connectivity index (χ2v) is 4.99. The number of fused-ring (bicyclic) bond motifs is 1. The second kappa shape index (κ2) is 4.72. The van der Waals surface area contributed by atoms with E-state index in [4.69, 9.17) is 0 Å². The van der Waals surface area contributed by atoms with E-state index >= 15 is 0 Å². The molecule has 6 nitrogen and oxygen atoms in total. The van der Waals surface area contributed by atoms with Crippen molar-refractivity contribution in [2.24, 2.45) is 0 Å². The highest BCUT2D eigenvalue weighted by Crippen LogP contribution is 2.26. The molecule has 2 aliphatic heterocycles. The number of anilines is 1. The molecule has 2 heterocycles. The molecule has 0 spiro atoms. The predicted molar refractivity (Wildman–Crippen MR) is 71.9 cm³/mol. The number of carbonyl (C=O) groups excluding carboxylic acids is 3. The molecule has 104 valence electrons. The maximum absolute atomic E-state index is 12.3. The van der Waals surface area contributed by atoms with Crippen LogP contribution in [0.2, 0.25) is 0 Å². The summed E-state index contributed by atoms with van der Waals surface area (Å²) in [6, 6.07) is 4.96. The highest BCUT2D eigenvalue weighted by Gasteiger charge is 2.35. The minimum atomic E-state index is -0.556. The third kappa shape index (κ3) is 1.98. The van der Waals surface area contributed by atoms with Gasteiger partial charge in [-0.25, -0.2) is 9.69 Å². The van der Waals surface area contributed by atoms with Crippen LogP contribution < -0.4 is 10.2 Å². The van der Waals surface area contributed by atoms with Crippen molar-refractivity contribution in [2.45, 2.75) is 26.4 Å². The van der Waals surface area contributed by atoms with Crippen molar-refractivity contribution < 1.29 is 14.4 Å². The predicted octanol–water partition coefficient (Wildman–Crippen LogP) is 0.995. The fourth-order valence-electron chi connectivity index (χ4n) is 2.61. The molecule has 0 radical (unpaired) electrons. The van der Waals surface area contributed by atoms with Crippen LogP contribution in [-0.4, -0.2) is 29.3 Å². The van der Waals surface area contributed by atoms with Gasteiger partial charge in [-0.1, -0.05) is 6.07 Å². The smallest absolute Gasteiger partial charge is 0.309 e. The molecule has 1 saturated heterocycles. The summed E-state index contributed by atoms with van der Waals surface area (Å²) in [4.78, 5) is 37.9. The third-order valence-corrected chi connectivity index (χ3v) is 3.68. The maximum atomic E-state index is 12.3. The minimum Gasteiger partial charge on any atom is -0.309 e. The van der Waals surface area contributed by atoms with Crippen LogP contribution in [0.15, 0.2) is 18.2 Å². The average molecular weight is 273 g/mol. The molecule has 20 heavy (non-hydrogen) atoms. The van der Waals surface area contributed by atoms with E-state index < -0.39 is 6.03 Å². The van der Waals surface area contributed by atoms with Crippen LogP contribution in [0, 0.1) is 0 Å². The number of rotatable bonds is 1. The first-order valence-corrected chi connectivity index (χ1v) is 6.55. The van der Waals surface area contributed by atoms with Gasteiger partial charge < -0.3 is 5.32 Å². The molecule has 1 fully saturated rings. The summed E-state index contributed by atoms with van der Waals surface area (Å²) in [7, 11) is 0. The molecule has 0 saturated carbocycles. The SMILES string of the molecule is CC(=O)N1CCC(=O)N(c2ccc3c(c2)CNC3)C1=O. The zero-order valence-electron chi connectivity index (χ0n) is 11.2. The van der Waals surface area contributed by atoms with Crippen molar-refractivity contribution >= 4 is 23.5 Å². The van der Waals surface area contributed by atoms with E-state index in [9.17, 15) is 14.4 Å². The lowest BCUT2D eigenvalue weighted by Crippen LogP contribution is -2.54. The monoisotopic (exact) mass is 273 g/mol. The molecule has 1 aromatic rings. The van der Waals surface area contributed by atoms with Gasteiger partial charge in [-0.2, -0.15) is 0 Å². The lowest BCUT2D eigenvalue weighted by molar-refractivity contribution is -0.128. The Bertz CT molecular complexity index is 612. The minimum absolute atomic E-state index is 0.163. The zero-order chi connectivity index (χ0) is 14.3. The first-order valence-electron chi connectivity index (χ1n) is 6.55. The van der Waals surface area contributed by atoms with Crippen LogP contribution in [0.4, 0.5) is 10.5 Å². The zero-order valence-corrected chi connectivity index (χ0v) is 11.2. The van der Waals surface area contributed by atoms with Gasteiger partial charge in [0.25, 0.3) is 0 Å². The lowest BCUT2D eigenvalue weighted by atomic mass is 10.1. The molecule has 1 aromatic carbocycles. The van der Waals surface area contributed by atoms with Gasteiger partial charge in [-0.3, -0.25) is 14.5 Å². The fraction of sp³-hybridized carbons (Fsp3) is 0.357. The van der Waals surface area contributed by atoms with Crippen LogP contribution in [0.25, 0.3) is 0 Å². The summed E-state index contributed by atoms with van der Waals surface area (Å²) in [6.45, 7) is 3.03. The topological polar surface area (TPSA) is 69.7 Å². The Balaban J connectivity index is 1.96. The number of nitrogens with zero attached hydrogens (tertiary/aromatic N) is 2. The van der Waals surface area contributed by atoms with Crippen LogP contribution in [0.3, 0.4) is 0 Å². The van der Waals surface area contributed by atoms with Gasteiger partial charge in [0.2, 0.25) is 11.8 Å². The number of hydrogen-bond donors (Lipinski definition) is 1. The van der Waals surface area contributed by atoms with E-state index in [0.29, 0.717) is 5.69 Å². The Labute approximate surface area is 116 Å². The summed E-state index contributed by atoms with van der Waals surface area (Å²) in [5.74, 6) is -0.603. The summed E-state index contributed by atoms with van der Waals surface area (Å²) < 4.78 is 0. The summed E-state index contributed by atoms with van der Waals surface area (Å²) in [6.07, 6.45) is 0.167. The van der Waals surface area contributed by atoms with Gasteiger partial charge in [0.15, 0.2) is 0 Å². The second-order valence-electron chi connectivity index (χ2n) is 4.99. The van der Waals surface area contributed by atoms with Crippen molar-refractivity contribution in [3.05, 3.63) is 29.3 Å². The summed E-state index contributed by atoms with van der Waals surface area (Å²) in [5, 5.41) is 3.21. The van der Waals surface area contributed by atoms with Crippen molar-refractivity contribution in [1.29, 1.82) is 0 Å². The molecule has 0 unspecified atom stereocenters. The van der Waals surface area contributed by atoms with Gasteiger partial charge in [-0.05, 0) is 23.3 Å². The van der Waals surface area contributed by atoms with E-state index in [1.807, 2.05) is 12.1 Å². The molecule has 0 aliphatic carbocycles. The number of benzene rings is 1. The van der Waals surface area contributed by atoms with E-state index in [0.717, 1.165) is 28.5 Å². The molecule has 0 aromatic heterocycles.